The average Bonchev–Trinajstić information content (AvgIpc) is 2.59. The maximum atomic E-state index is 11.1. The highest BCUT2D eigenvalue weighted by Crippen LogP contribution is 2.30. The first-order valence-corrected chi connectivity index (χ1v) is 6.39. The van der Waals surface area contributed by atoms with E-state index in [1.165, 1.54) is 0 Å². The number of rotatable bonds is 3. The summed E-state index contributed by atoms with van der Waals surface area (Å²) in [5.41, 5.74) is 5.37. The first-order valence-electron chi connectivity index (χ1n) is 6.39. The van der Waals surface area contributed by atoms with Crippen molar-refractivity contribution in [2.24, 2.45) is 5.73 Å². The summed E-state index contributed by atoms with van der Waals surface area (Å²) in [7, 11) is 0. The van der Waals surface area contributed by atoms with Crippen molar-refractivity contribution in [3.8, 4) is 0 Å². The quantitative estimate of drug-likeness (QED) is 0.631. The molecule has 0 aliphatic carbocycles. The zero-order chi connectivity index (χ0) is 14.7. The Labute approximate surface area is 115 Å². The Morgan fingerprint density at radius 2 is 2.30 bits per heavy atom. The summed E-state index contributed by atoms with van der Waals surface area (Å²) in [4.78, 5) is 23.3. The van der Waals surface area contributed by atoms with Crippen molar-refractivity contribution in [3.05, 3.63) is 15.8 Å². The summed E-state index contributed by atoms with van der Waals surface area (Å²) in [5.74, 6) is 0.409. The van der Waals surface area contributed by atoms with E-state index in [2.05, 4.69) is 10.2 Å². The number of primary amides is 1. The van der Waals surface area contributed by atoms with Crippen LogP contribution in [-0.4, -0.2) is 40.4 Å². The standard InChI is InChI=1S/C11H17N5O4/c1-7-9(16(18)19)10(14-13-7)15-5-2-3-8(4-6-15)20-11(12)17/h8H,2-6H2,1H3,(H2,12,17)(H,13,14). The first kappa shape index (κ1) is 14.1. The summed E-state index contributed by atoms with van der Waals surface area (Å²) < 4.78 is 4.99. The second kappa shape index (κ2) is 5.76. The molecule has 0 bridgehead atoms. The lowest BCUT2D eigenvalue weighted by Crippen LogP contribution is -2.27. The molecule has 1 aromatic rings. The van der Waals surface area contributed by atoms with Gasteiger partial charge in [0.25, 0.3) is 0 Å². The summed E-state index contributed by atoms with van der Waals surface area (Å²) in [6, 6.07) is 0. The van der Waals surface area contributed by atoms with Crippen molar-refractivity contribution in [3.63, 3.8) is 0 Å². The van der Waals surface area contributed by atoms with Crippen LogP contribution in [0.5, 0.6) is 0 Å². The summed E-state index contributed by atoms with van der Waals surface area (Å²) in [6.45, 7) is 2.77. The molecule has 1 atom stereocenters. The van der Waals surface area contributed by atoms with Crippen LogP contribution in [0.3, 0.4) is 0 Å². The van der Waals surface area contributed by atoms with E-state index in [0.29, 0.717) is 37.4 Å². The fraction of sp³-hybridized carbons (Fsp3) is 0.636. The maximum absolute atomic E-state index is 11.1. The molecule has 1 aromatic heterocycles. The predicted molar refractivity (Wildman–Crippen MR) is 70.5 cm³/mol. The molecule has 1 amide bonds. The molecule has 1 unspecified atom stereocenters. The van der Waals surface area contributed by atoms with Gasteiger partial charge in [-0.2, -0.15) is 5.10 Å². The number of carbonyl (C=O) groups excluding carboxylic acids is 1. The van der Waals surface area contributed by atoms with Crippen molar-refractivity contribution in [1.29, 1.82) is 0 Å². The number of aryl methyl sites for hydroxylation is 1. The van der Waals surface area contributed by atoms with Gasteiger partial charge in [0, 0.05) is 19.5 Å². The van der Waals surface area contributed by atoms with Crippen LogP contribution in [-0.2, 0) is 4.74 Å². The van der Waals surface area contributed by atoms with Crippen LogP contribution in [0.2, 0.25) is 0 Å². The first-order chi connectivity index (χ1) is 9.49. The zero-order valence-corrected chi connectivity index (χ0v) is 11.2. The molecule has 0 aromatic carbocycles. The highest BCUT2D eigenvalue weighted by Gasteiger charge is 2.28. The largest absolute Gasteiger partial charge is 0.446 e. The van der Waals surface area contributed by atoms with E-state index >= 15 is 0 Å². The minimum atomic E-state index is -0.785. The highest BCUT2D eigenvalue weighted by atomic mass is 16.6. The van der Waals surface area contributed by atoms with E-state index in [0.717, 1.165) is 6.42 Å². The Hall–Kier alpha value is -2.32. The second-order valence-corrected chi connectivity index (χ2v) is 4.74. The molecule has 1 aliphatic heterocycles. The molecule has 1 aliphatic rings. The minimum absolute atomic E-state index is 0.000676. The molecule has 1 saturated heterocycles. The fourth-order valence-corrected chi connectivity index (χ4v) is 2.42. The van der Waals surface area contributed by atoms with Crippen molar-refractivity contribution in [2.75, 3.05) is 18.0 Å². The van der Waals surface area contributed by atoms with Gasteiger partial charge in [-0.1, -0.05) is 0 Å². The SMILES string of the molecule is Cc1n[nH]c(N2CCCC(OC(N)=O)CC2)c1[N+](=O)[O-]. The van der Waals surface area contributed by atoms with Crippen LogP contribution in [0.15, 0.2) is 0 Å². The lowest BCUT2D eigenvalue weighted by Gasteiger charge is -2.19. The normalized spacial score (nSPS) is 19.4. The second-order valence-electron chi connectivity index (χ2n) is 4.74. The van der Waals surface area contributed by atoms with Gasteiger partial charge in [0.15, 0.2) is 0 Å². The third-order valence-electron chi connectivity index (χ3n) is 3.35. The van der Waals surface area contributed by atoms with Gasteiger partial charge in [0.05, 0.1) is 4.92 Å². The molecule has 9 heteroatoms. The molecule has 2 rings (SSSR count). The number of hydrogen-bond acceptors (Lipinski definition) is 6. The van der Waals surface area contributed by atoms with Gasteiger partial charge in [-0.3, -0.25) is 15.2 Å². The molecule has 20 heavy (non-hydrogen) atoms. The number of nitrogens with one attached hydrogen (secondary N) is 1. The lowest BCUT2D eigenvalue weighted by atomic mass is 10.2. The fourth-order valence-electron chi connectivity index (χ4n) is 2.42. The van der Waals surface area contributed by atoms with Crippen molar-refractivity contribution < 1.29 is 14.5 Å². The van der Waals surface area contributed by atoms with Gasteiger partial charge in [-0.25, -0.2) is 4.79 Å². The molecular formula is C11H17N5O4. The molecule has 2 heterocycles. The van der Waals surface area contributed by atoms with Crippen molar-refractivity contribution in [1.82, 2.24) is 10.2 Å². The molecule has 0 spiro atoms. The number of hydrogen-bond donors (Lipinski definition) is 2. The number of anilines is 1. The minimum Gasteiger partial charge on any atom is -0.446 e. The van der Waals surface area contributed by atoms with Gasteiger partial charge >= 0.3 is 11.8 Å². The number of ether oxygens (including phenoxy) is 1. The number of nitrogens with two attached hydrogens (primary N) is 1. The van der Waals surface area contributed by atoms with Gasteiger partial charge < -0.3 is 15.4 Å². The maximum Gasteiger partial charge on any atom is 0.404 e. The molecule has 1 fully saturated rings. The number of H-pyrrole nitrogens is 1. The summed E-state index contributed by atoms with van der Waals surface area (Å²) >= 11 is 0. The number of nitrogens with zero attached hydrogens (tertiary/aromatic N) is 3. The third kappa shape index (κ3) is 2.98. The topological polar surface area (TPSA) is 127 Å². The van der Waals surface area contributed by atoms with Crippen molar-refractivity contribution >= 4 is 17.6 Å². The van der Waals surface area contributed by atoms with Crippen LogP contribution in [0, 0.1) is 17.0 Å². The van der Waals surface area contributed by atoms with E-state index in [9.17, 15) is 14.9 Å². The average molecular weight is 283 g/mol. The van der Waals surface area contributed by atoms with Crippen LogP contribution in [0.25, 0.3) is 0 Å². The van der Waals surface area contributed by atoms with Gasteiger partial charge in [-0.15, -0.1) is 0 Å². The number of nitro groups is 1. The van der Waals surface area contributed by atoms with Crippen molar-refractivity contribution in [2.45, 2.75) is 32.3 Å². The van der Waals surface area contributed by atoms with Gasteiger partial charge in [0.1, 0.15) is 11.8 Å². The van der Waals surface area contributed by atoms with E-state index in [4.69, 9.17) is 10.5 Å². The van der Waals surface area contributed by atoms with E-state index in [1.807, 2.05) is 4.90 Å². The Balaban J connectivity index is 2.11. The van der Waals surface area contributed by atoms with Crippen LogP contribution in [0.4, 0.5) is 16.3 Å². The molecule has 0 radical (unpaired) electrons. The Kier molecular flexibility index (Phi) is 4.06. The smallest absolute Gasteiger partial charge is 0.404 e. The monoisotopic (exact) mass is 283 g/mol. The Bertz CT molecular complexity index is 515. The van der Waals surface area contributed by atoms with E-state index in [1.54, 1.807) is 6.92 Å². The van der Waals surface area contributed by atoms with Gasteiger partial charge in [-0.05, 0) is 19.8 Å². The number of aromatic nitrogens is 2. The van der Waals surface area contributed by atoms with Crippen LogP contribution < -0.4 is 10.6 Å². The van der Waals surface area contributed by atoms with E-state index < -0.39 is 11.0 Å². The zero-order valence-electron chi connectivity index (χ0n) is 11.2. The molecule has 110 valence electrons. The molecular weight excluding hydrogens is 266 g/mol. The van der Waals surface area contributed by atoms with Crippen LogP contribution >= 0.6 is 0 Å². The Morgan fingerprint density at radius 3 is 2.95 bits per heavy atom. The van der Waals surface area contributed by atoms with Crippen LogP contribution in [0.1, 0.15) is 25.0 Å². The number of carbonyl (C=O) groups is 1. The third-order valence-corrected chi connectivity index (χ3v) is 3.35. The summed E-state index contributed by atoms with van der Waals surface area (Å²) in [6.07, 6.45) is 1.01. The lowest BCUT2D eigenvalue weighted by molar-refractivity contribution is -0.384. The predicted octanol–water partition coefficient (Wildman–Crippen LogP) is 1.08. The molecule has 0 saturated carbocycles. The molecule has 3 N–H and O–H groups in total. The van der Waals surface area contributed by atoms with Gasteiger partial charge in [0.2, 0.25) is 5.82 Å². The highest BCUT2D eigenvalue weighted by molar-refractivity contribution is 5.65. The Morgan fingerprint density at radius 1 is 1.55 bits per heavy atom. The van der Waals surface area contributed by atoms with E-state index in [-0.39, 0.29) is 11.8 Å². The molecule has 9 nitrogen and oxygen atoms in total. The number of amides is 1. The summed E-state index contributed by atoms with van der Waals surface area (Å²) in [5, 5.41) is 17.7. The number of aromatic amines is 1.